The molecule has 1 N–H and O–H groups in total. The fraction of sp³-hybridized carbons (Fsp3) is 0.357. The molecule has 0 radical (unpaired) electrons. The van der Waals surface area contributed by atoms with Gasteiger partial charge in [0.1, 0.15) is 0 Å². The average molecular weight is 218 g/mol. The van der Waals surface area contributed by atoms with Crippen molar-refractivity contribution in [2.45, 2.75) is 31.6 Å². The SMILES string of the molecule is C=CCCCC(C)(C(=O)O)c1ccccc1. The molecule has 0 heterocycles. The first kappa shape index (κ1) is 12.5. The van der Waals surface area contributed by atoms with Gasteiger partial charge in [0.05, 0.1) is 5.41 Å². The van der Waals surface area contributed by atoms with Gasteiger partial charge in [-0.3, -0.25) is 4.79 Å². The van der Waals surface area contributed by atoms with Crippen molar-refractivity contribution in [1.82, 2.24) is 0 Å². The summed E-state index contributed by atoms with van der Waals surface area (Å²) in [6, 6.07) is 9.41. The van der Waals surface area contributed by atoms with Crippen molar-refractivity contribution in [1.29, 1.82) is 0 Å². The zero-order valence-corrected chi connectivity index (χ0v) is 9.65. The first-order valence-corrected chi connectivity index (χ1v) is 5.51. The van der Waals surface area contributed by atoms with Gasteiger partial charge in [0.2, 0.25) is 0 Å². The first-order valence-electron chi connectivity index (χ1n) is 5.51. The van der Waals surface area contributed by atoms with Crippen LogP contribution in [0.2, 0.25) is 0 Å². The number of benzene rings is 1. The Labute approximate surface area is 96.6 Å². The first-order chi connectivity index (χ1) is 7.61. The second kappa shape index (κ2) is 5.50. The number of carboxylic acid groups (broad SMARTS) is 1. The molecule has 2 nitrogen and oxygen atoms in total. The summed E-state index contributed by atoms with van der Waals surface area (Å²) >= 11 is 0. The van der Waals surface area contributed by atoms with Crippen LogP contribution in [-0.4, -0.2) is 11.1 Å². The van der Waals surface area contributed by atoms with Crippen molar-refractivity contribution in [2.24, 2.45) is 0 Å². The summed E-state index contributed by atoms with van der Waals surface area (Å²) in [6.07, 6.45) is 4.17. The van der Waals surface area contributed by atoms with E-state index in [0.29, 0.717) is 6.42 Å². The Morgan fingerprint density at radius 2 is 2.06 bits per heavy atom. The number of allylic oxidation sites excluding steroid dienone is 1. The summed E-state index contributed by atoms with van der Waals surface area (Å²) in [5, 5.41) is 9.36. The van der Waals surface area contributed by atoms with E-state index in [1.807, 2.05) is 36.4 Å². The topological polar surface area (TPSA) is 37.3 Å². The molecule has 0 fully saturated rings. The zero-order chi connectivity index (χ0) is 12.0. The molecule has 0 aliphatic rings. The van der Waals surface area contributed by atoms with E-state index >= 15 is 0 Å². The molecule has 1 rings (SSSR count). The van der Waals surface area contributed by atoms with E-state index in [0.717, 1.165) is 18.4 Å². The highest BCUT2D eigenvalue weighted by atomic mass is 16.4. The Morgan fingerprint density at radius 1 is 1.44 bits per heavy atom. The van der Waals surface area contributed by atoms with Gasteiger partial charge in [0.15, 0.2) is 0 Å². The van der Waals surface area contributed by atoms with Crippen molar-refractivity contribution in [3.05, 3.63) is 48.6 Å². The second-order valence-corrected chi connectivity index (χ2v) is 4.18. The van der Waals surface area contributed by atoms with E-state index in [1.54, 1.807) is 6.92 Å². The summed E-state index contributed by atoms with van der Waals surface area (Å²) in [7, 11) is 0. The van der Waals surface area contributed by atoms with Gasteiger partial charge in [-0.05, 0) is 31.7 Å². The lowest BCUT2D eigenvalue weighted by Crippen LogP contribution is -2.32. The van der Waals surface area contributed by atoms with Crippen LogP contribution >= 0.6 is 0 Å². The molecule has 1 aromatic carbocycles. The lowest BCUT2D eigenvalue weighted by atomic mass is 9.78. The van der Waals surface area contributed by atoms with Crippen LogP contribution in [0.15, 0.2) is 43.0 Å². The molecule has 0 aliphatic carbocycles. The number of carbonyl (C=O) groups is 1. The maximum Gasteiger partial charge on any atom is 0.313 e. The van der Waals surface area contributed by atoms with Gasteiger partial charge in [-0.15, -0.1) is 6.58 Å². The Kier molecular flexibility index (Phi) is 4.29. The highest BCUT2D eigenvalue weighted by molar-refractivity contribution is 5.80. The van der Waals surface area contributed by atoms with Gasteiger partial charge in [-0.1, -0.05) is 36.4 Å². The van der Waals surface area contributed by atoms with E-state index < -0.39 is 11.4 Å². The molecule has 16 heavy (non-hydrogen) atoms. The van der Waals surface area contributed by atoms with Crippen LogP contribution in [0.25, 0.3) is 0 Å². The molecule has 1 aromatic rings. The van der Waals surface area contributed by atoms with Crippen LogP contribution in [0, 0.1) is 0 Å². The Morgan fingerprint density at radius 3 is 2.56 bits per heavy atom. The molecule has 2 heteroatoms. The normalized spacial score (nSPS) is 14.1. The predicted molar refractivity (Wildman–Crippen MR) is 65.5 cm³/mol. The lowest BCUT2D eigenvalue weighted by Gasteiger charge is -2.25. The van der Waals surface area contributed by atoms with Crippen molar-refractivity contribution in [3.8, 4) is 0 Å². The number of rotatable bonds is 6. The smallest absolute Gasteiger partial charge is 0.313 e. The molecule has 0 spiro atoms. The quantitative estimate of drug-likeness (QED) is 0.587. The van der Waals surface area contributed by atoms with Gasteiger partial charge in [0, 0.05) is 0 Å². The number of aliphatic carboxylic acids is 1. The van der Waals surface area contributed by atoms with Gasteiger partial charge in [-0.25, -0.2) is 0 Å². The average Bonchev–Trinajstić information content (AvgIpc) is 2.30. The number of hydrogen-bond donors (Lipinski definition) is 1. The number of carboxylic acids is 1. The molecule has 0 amide bonds. The minimum Gasteiger partial charge on any atom is -0.481 e. The zero-order valence-electron chi connectivity index (χ0n) is 9.65. The molecule has 1 unspecified atom stereocenters. The van der Waals surface area contributed by atoms with Crippen LogP contribution in [-0.2, 0) is 10.2 Å². The summed E-state index contributed by atoms with van der Waals surface area (Å²) < 4.78 is 0. The number of unbranched alkanes of at least 4 members (excludes halogenated alkanes) is 1. The van der Waals surface area contributed by atoms with Crippen molar-refractivity contribution >= 4 is 5.97 Å². The molecular weight excluding hydrogens is 200 g/mol. The molecule has 1 atom stereocenters. The molecular formula is C14H18O2. The van der Waals surface area contributed by atoms with E-state index in [1.165, 1.54) is 0 Å². The molecule has 0 saturated heterocycles. The monoisotopic (exact) mass is 218 g/mol. The van der Waals surface area contributed by atoms with Gasteiger partial charge < -0.3 is 5.11 Å². The summed E-state index contributed by atoms with van der Waals surface area (Å²) in [4.78, 5) is 11.4. The van der Waals surface area contributed by atoms with Crippen LogP contribution in [0.5, 0.6) is 0 Å². The van der Waals surface area contributed by atoms with Crippen LogP contribution in [0.3, 0.4) is 0 Å². The Balaban J connectivity index is 2.89. The van der Waals surface area contributed by atoms with Crippen molar-refractivity contribution in [3.63, 3.8) is 0 Å². The summed E-state index contributed by atoms with van der Waals surface area (Å²) in [5.41, 5.74) is 0.0798. The standard InChI is InChI=1S/C14H18O2/c1-3-4-8-11-14(2,13(15)16)12-9-6-5-7-10-12/h3,5-7,9-10H,1,4,8,11H2,2H3,(H,15,16). The Hall–Kier alpha value is -1.57. The second-order valence-electron chi connectivity index (χ2n) is 4.18. The van der Waals surface area contributed by atoms with Gasteiger partial charge >= 0.3 is 5.97 Å². The van der Waals surface area contributed by atoms with E-state index in [2.05, 4.69) is 6.58 Å². The third kappa shape index (κ3) is 2.72. The molecule has 0 aliphatic heterocycles. The van der Waals surface area contributed by atoms with Crippen LogP contribution < -0.4 is 0 Å². The van der Waals surface area contributed by atoms with Crippen LogP contribution in [0.4, 0.5) is 0 Å². The summed E-state index contributed by atoms with van der Waals surface area (Å²) in [6.45, 7) is 5.44. The molecule has 0 saturated carbocycles. The van der Waals surface area contributed by atoms with E-state index in [-0.39, 0.29) is 0 Å². The third-order valence-corrected chi connectivity index (χ3v) is 2.97. The fourth-order valence-corrected chi connectivity index (χ4v) is 1.78. The highest BCUT2D eigenvalue weighted by Crippen LogP contribution is 2.29. The van der Waals surface area contributed by atoms with Crippen LogP contribution in [0.1, 0.15) is 31.7 Å². The van der Waals surface area contributed by atoms with Crippen molar-refractivity contribution in [2.75, 3.05) is 0 Å². The molecule has 0 aromatic heterocycles. The number of hydrogen-bond acceptors (Lipinski definition) is 1. The lowest BCUT2D eigenvalue weighted by molar-refractivity contribution is -0.143. The molecule has 86 valence electrons. The maximum absolute atomic E-state index is 11.4. The largest absolute Gasteiger partial charge is 0.481 e. The third-order valence-electron chi connectivity index (χ3n) is 2.97. The Bertz CT molecular complexity index is 356. The fourth-order valence-electron chi connectivity index (χ4n) is 1.78. The predicted octanol–water partition coefficient (Wildman–Crippen LogP) is 3.39. The van der Waals surface area contributed by atoms with E-state index in [4.69, 9.17) is 0 Å². The minimum absolute atomic E-state index is 0.637. The van der Waals surface area contributed by atoms with E-state index in [9.17, 15) is 9.90 Å². The highest BCUT2D eigenvalue weighted by Gasteiger charge is 2.34. The minimum atomic E-state index is -0.787. The van der Waals surface area contributed by atoms with Gasteiger partial charge in [0.25, 0.3) is 0 Å². The molecule has 0 bridgehead atoms. The van der Waals surface area contributed by atoms with Crippen molar-refractivity contribution < 1.29 is 9.90 Å². The summed E-state index contributed by atoms with van der Waals surface area (Å²) in [5.74, 6) is -0.761. The van der Waals surface area contributed by atoms with Gasteiger partial charge in [-0.2, -0.15) is 0 Å². The maximum atomic E-state index is 11.4.